The van der Waals surface area contributed by atoms with Gasteiger partial charge >= 0.3 is 0 Å². The summed E-state index contributed by atoms with van der Waals surface area (Å²) in [5.74, 6) is 0.735. The minimum absolute atomic E-state index is 0. The van der Waals surface area contributed by atoms with Crippen LogP contribution in [0.4, 0.5) is 0 Å². The van der Waals surface area contributed by atoms with Crippen molar-refractivity contribution >= 4 is 30.7 Å². The van der Waals surface area contributed by atoms with Gasteiger partial charge in [0.25, 0.3) is 0 Å². The van der Waals surface area contributed by atoms with Gasteiger partial charge in [-0.3, -0.25) is 9.78 Å². The Morgan fingerprint density at radius 2 is 2.05 bits per heavy atom. The van der Waals surface area contributed by atoms with Crippen LogP contribution >= 0.6 is 24.8 Å². The molecule has 0 unspecified atom stereocenters. The number of carbonyl (C=O) groups excluding carboxylic acids is 1. The van der Waals surface area contributed by atoms with Gasteiger partial charge in [0.1, 0.15) is 0 Å². The van der Waals surface area contributed by atoms with E-state index in [0.29, 0.717) is 18.9 Å². The van der Waals surface area contributed by atoms with Crippen LogP contribution in [-0.2, 0) is 11.2 Å². The molecule has 6 heteroatoms. The first kappa shape index (κ1) is 19.2. The number of pyridine rings is 1. The Hall–Kier alpha value is -0.840. The lowest BCUT2D eigenvalue weighted by Crippen LogP contribution is -2.33. The first-order valence-corrected chi connectivity index (χ1v) is 6.72. The lowest BCUT2D eigenvalue weighted by atomic mass is 9.94. The summed E-state index contributed by atoms with van der Waals surface area (Å²) in [7, 11) is 0. The molecule has 0 aromatic carbocycles. The molecule has 1 aliphatic rings. The molecule has 2 heterocycles. The highest BCUT2D eigenvalue weighted by molar-refractivity contribution is 5.85. The van der Waals surface area contributed by atoms with Crippen LogP contribution in [0.5, 0.6) is 0 Å². The number of carbonyl (C=O) groups is 1. The summed E-state index contributed by atoms with van der Waals surface area (Å²) in [6.07, 6.45) is 5.50. The Balaban J connectivity index is 0.00000180. The van der Waals surface area contributed by atoms with Gasteiger partial charge in [-0.1, -0.05) is 6.07 Å². The predicted molar refractivity (Wildman–Crippen MR) is 85.7 cm³/mol. The third-order valence-electron chi connectivity index (χ3n) is 3.36. The fourth-order valence-electron chi connectivity index (χ4n) is 2.30. The normalized spacial score (nSPS) is 14.8. The monoisotopic (exact) mass is 319 g/mol. The third-order valence-corrected chi connectivity index (χ3v) is 3.36. The quantitative estimate of drug-likeness (QED) is 0.872. The third kappa shape index (κ3) is 7.08. The zero-order chi connectivity index (χ0) is 12.6. The maximum atomic E-state index is 11.7. The van der Waals surface area contributed by atoms with Crippen LogP contribution in [0.25, 0.3) is 0 Å². The molecule has 1 aliphatic heterocycles. The van der Waals surface area contributed by atoms with Crippen molar-refractivity contribution < 1.29 is 4.79 Å². The van der Waals surface area contributed by atoms with Crippen LogP contribution in [-0.4, -0.2) is 30.5 Å². The fourth-order valence-corrected chi connectivity index (χ4v) is 2.30. The van der Waals surface area contributed by atoms with Crippen LogP contribution < -0.4 is 10.6 Å². The van der Waals surface area contributed by atoms with Gasteiger partial charge in [-0.25, -0.2) is 0 Å². The highest BCUT2D eigenvalue weighted by Crippen LogP contribution is 2.15. The lowest BCUT2D eigenvalue weighted by Gasteiger charge is -2.21. The van der Waals surface area contributed by atoms with Crippen LogP contribution in [0.1, 0.15) is 25.0 Å². The Bertz CT molecular complexity index is 370. The minimum Gasteiger partial charge on any atom is -0.356 e. The molecule has 114 valence electrons. The Morgan fingerprint density at radius 3 is 2.70 bits per heavy atom. The average molecular weight is 320 g/mol. The number of rotatable bonds is 5. The SMILES string of the molecule is Cl.Cl.O=C(CC1CCNCC1)NCCc1ccccn1. The highest BCUT2D eigenvalue weighted by Gasteiger charge is 2.16. The number of nitrogens with one attached hydrogen (secondary N) is 2. The number of halogens is 2. The molecule has 0 saturated carbocycles. The standard InChI is InChI=1S/C14H21N3O.2ClH/c18-14(11-12-4-8-15-9-5-12)17-10-6-13-3-1-2-7-16-13;;/h1-3,7,12,15H,4-6,8-11H2,(H,17,18);2*1H. The Labute approximate surface area is 132 Å². The van der Waals surface area contributed by atoms with E-state index in [4.69, 9.17) is 0 Å². The van der Waals surface area contributed by atoms with Gasteiger partial charge < -0.3 is 10.6 Å². The molecule has 0 atom stereocenters. The van der Waals surface area contributed by atoms with E-state index in [1.807, 2.05) is 18.2 Å². The van der Waals surface area contributed by atoms with Crippen LogP contribution in [0.2, 0.25) is 0 Å². The second-order valence-electron chi connectivity index (χ2n) is 4.82. The van der Waals surface area contributed by atoms with Crippen LogP contribution in [0.3, 0.4) is 0 Å². The fraction of sp³-hybridized carbons (Fsp3) is 0.571. The molecule has 1 saturated heterocycles. The molecule has 20 heavy (non-hydrogen) atoms. The topological polar surface area (TPSA) is 54.0 Å². The number of nitrogens with zero attached hydrogens (tertiary/aromatic N) is 1. The lowest BCUT2D eigenvalue weighted by molar-refractivity contribution is -0.122. The van der Waals surface area contributed by atoms with Crippen molar-refractivity contribution in [1.82, 2.24) is 15.6 Å². The summed E-state index contributed by atoms with van der Waals surface area (Å²) in [4.78, 5) is 16.0. The summed E-state index contributed by atoms with van der Waals surface area (Å²) in [6.45, 7) is 2.78. The van der Waals surface area contributed by atoms with Crippen molar-refractivity contribution in [3.63, 3.8) is 0 Å². The zero-order valence-corrected chi connectivity index (χ0v) is 13.1. The van der Waals surface area contributed by atoms with Crippen molar-refractivity contribution in [2.24, 2.45) is 5.92 Å². The molecule has 1 fully saturated rings. The van der Waals surface area contributed by atoms with E-state index >= 15 is 0 Å². The van der Waals surface area contributed by atoms with E-state index in [-0.39, 0.29) is 30.7 Å². The van der Waals surface area contributed by atoms with Gasteiger partial charge in [0.15, 0.2) is 0 Å². The van der Waals surface area contributed by atoms with Crippen molar-refractivity contribution in [2.75, 3.05) is 19.6 Å². The summed E-state index contributed by atoms with van der Waals surface area (Å²) in [5, 5.41) is 6.29. The average Bonchev–Trinajstić information content (AvgIpc) is 2.41. The minimum atomic E-state index is 0. The summed E-state index contributed by atoms with van der Waals surface area (Å²) in [6, 6.07) is 5.86. The molecule has 2 N–H and O–H groups in total. The molecular weight excluding hydrogens is 297 g/mol. The van der Waals surface area contributed by atoms with E-state index < -0.39 is 0 Å². The van der Waals surface area contributed by atoms with E-state index in [9.17, 15) is 4.79 Å². The maximum Gasteiger partial charge on any atom is 0.220 e. The van der Waals surface area contributed by atoms with Gasteiger partial charge in [-0.15, -0.1) is 24.8 Å². The summed E-state index contributed by atoms with van der Waals surface area (Å²) in [5.41, 5.74) is 1.03. The maximum absolute atomic E-state index is 11.7. The number of amides is 1. The molecule has 1 aromatic rings. The number of hydrogen-bond donors (Lipinski definition) is 2. The molecule has 0 aliphatic carbocycles. The predicted octanol–water partition coefficient (Wildman–Crippen LogP) is 1.97. The van der Waals surface area contributed by atoms with E-state index in [2.05, 4.69) is 15.6 Å². The summed E-state index contributed by atoms with van der Waals surface area (Å²) >= 11 is 0. The van der Waals surface area contributed by atoms with Crippen molar-refractivity contribution in [2.45, 2.75) is 25.7 Å². The van der Waals surface area contributed by atoms with Crippen LogP contribution in [0.15, 0.2) is 24.4 Å². The largest absolute Gasteiger partial charge is 0.356 e. The molecule has 0 spiro atoms. The van der Waals surface area contributed by atoms with E-state index in [1.165, 1.54) is 0 Å². The second kappa shape index (κ2) is 10.9. The number of piperidine rings is 1. The van der Waals surface area contributed by atoms with Crippen molar-refractivity contribution in [3.8, 4) is 0 Å². The second-order valence-corrected chi connectivity index (χ2v) is 4.82. The number of hydrogen-bond acceptors (Lipinski definition) is 3. The van der Waals surface area contributed by atoms with Gasteiger partial charge in [0.2, 0.25) is 5.91 Å². The molecule has 1 aromatic heterocycles. The van der Waals surface area contributed by atoms with Gasteiger partial charge in [0, 0.05) is 31.3 Å². The van der Waals surface area contributed by atoms with Crippen LogP contribution in [0, 0.1) is 5.92 Å². The first-order chi connectivity index (χ1) is 8.84. The first-order valence-electron chi connectivity index (χ1n) is 6.72. The highest BCUT2D eigenvalue weighted by atomic mass is 35.5. The van der Waals surface area contributed by atoms with Crippen molar-refractivity contribution in [1.29, 1.82) is 0 Å². The number of aromatic nitrogens is 1. The van der Waals surface area contributed by atoms with Gasteiger partial charge in [-0.2, -0.15) is 0 Å². The van der Waals surface area contributed by atoms with E-state index in [1.54, 1.807) is 6.20 Å². The molecule has 1 amide bonds. The molecule has 4 nitrogen and oxygen atoms in total. The van der Waals surface area contributed by atoms with Gasteiger partial charge in [-0.05, 0) is 44.0 Å². The molecular formula is C14H23Cl2N3O. The zero-order valence-electron chi connectivity index (χ0n) is 11.5. The van der Waals surface area contributed by atoms with Gasteiger partial charge in [0.05, 0.1) is 0 Å². The Kier molecular flexibility index (Phi) is 10.4. The summed E-state index contributed by atoms with van der Waals surface area (Å²) < 4.78 is 0. The molecule has 2 rings (SSSR count). The molecule has 0 bridgehead atoms. The van der Waals surface area contributed by atoms with Crippen molar-refractivity contribution in [3.05, 3.63) is 30.1 Å². The molecule has 0 radical (unpaired) electrons. The van der Waals surface area contributed by atoms with E-state index in [0.717, 1.165) is 38.0 Å². The smallest absolute Gasteiger partial charge is 0.220 e. The Morgan fingerprint density at radius 1 is 1.30 bits per heavy atom.